The Labute approximate surface area is 110 Å². The minimum absolute atomic E-state index is 0.247. The van der Waals surface area contributed by atoms with Gasteiger partial charge in [0, 0.05) is 16.1 Å². The van der Waals surface area contributed by atoms with Crippen molar-refractivity contribution in [3.8, 4) is 10.6 Å². The third kappa shape index (κ3) is 2.10. The van der Waals surface area contributed by atoms with E-state index in [9.17, 15) is 4.39 Å². The summed E-state index contributed by atoms with van der Waals surface area (Å²) >= 11 is 5.00. The van der Waals surface area contributed by atoms with Crippen LogP contribution in [0.15, 0.2) is 46.9 Å². The van der Waals surface area contributed by atoms with E-state index >= 15 is 0 Å². The third-order valence-corrected chi connectivity index (χ3v) is 4.00. The second-order valence-corrected chi connectivity index (χ2v) is 5.59. The van der Waals surface area contributed by atoms with Gasteiger partial charge in [-0.2, -0.15) is 0 Å². The molecule has 17 heavy (non-hydrogen) atoms. The molecule has 0 aliphatic rings. The molecule has 1 nitrogen and oxygen atoms in total. The summed E-state index contributed by atoms with van der Waals surface area (Å²) in [5, 5.41) is 0.909. The fourth-order valence-electron chi connectivity index (χ4n) is 1.65. The van der Waals surface area contributed by atoms with Gasteiger partial charge < -0.3 is 0 Å². The van der Waals surface area contributed by atoms with Gasteiger partial charge in [0.15, 0.2) is 0 Å². The molecule has 0 saturated heterocycles. The molecule has 0 N–H and O–H groups in total. The van der Waals surface area contributed by atoms with E-state index in [1.54, 1.807) is 17.4 Å². The van der Waals surface area contributed by atoms with E-state index < -0.39 is 0 Å². The Hall–Kier alpha value is -1.26. The van der Waals surface area contributed by atoms with Gasteiger partial charge in [0.05, 0.1) is 10.2 Å². The number of benzene rings is 2. The standard InChI is InChI=1S/C13H7BrFNS/c14-9-3-1-2-8(6-9)13-16-11-7-10(15)4-5-12(11)17-13/h1-7H. The van der Waals surface area contributed by atoms with Crippen molar-refractivity contribution in [2.75, 3.05) is 0 Å². The largest absolute Gasteiger partial charge is 0.236 e. The lowest BCUT2D eigenvalue weighted by molar-refractivity contribution is 0.629. The predicted molar refractivity (Wildman–Crippen MR) is 72.7 cm³/mol. The highest BCUT2D eigenvalue weighted by Gasteiger charge is 2.07. The fraction of sp³-hybridized carbons (Fsp3) is 0. The van der Waals surface area contributed by atoms with Crippen molar-refractivity contribution in [1.82, 2.24) is 4.98 Å². The van der Waals surface area contributed by atoms with Crippen molar-refractivity contribution >= 4 is 37.5 Å². The van der Waals surface area contributed by atoms with Crippen molar-refractivity contribution in [2.45, 2.75) is 0 Å². The monoisotopic (exact) mass is 307 g/mol. The van der Waals surface area contributed by atoms with Gasteiger partial charge in [-0.1, -0.05) is 28.1 Å². The number of halogens is 2. The molecule has 0 radical (unpaired) electrons. The molecule has 0 amide bonds. The van der Waals surface area contributed by atoms with Gasteiger partial charge in [-0.05, 0) is 24.3 Å². The summed E-state index contributed by atoms with van der Waals surface area (Å²) in [5.41, 5.74) is 1.76. The van der Waals surface area contributed by atoms with Gasteiger partial charge in [0.25, 0.3) is 0 Å². The molecule has 0 aliphatic heterocycles. The minimum Gasteiger partial charge on any atom is -0.236 e. The lowest BCUT2D eigenvalue weighted by atomic mass is 10.2. The SMILES string of the molecule is Fc1ccc2sc(-c3cccc(Br)c3)nc2c1. The molecule has 3 aromatic rings. The van der Waals surface area contributed by atoms with Crippen molar-refractivity contribution in [3.05, 3.63) is 52.8 Å². The Kier molecular flexibility index (Phi) is 2.68. The number of rotatable bonds is 1. The maximum absolute atomic E-state index is 13.1. The van der Waals surface area contributed by atoms with Gasteiger partial charge in [-0.25, -0.2) is 9.37 Å². The zero-order valence-corrected chi connectivity index (χ0v) is 11.1. The highest BCUT2D eigenvalue weighted by Crippen LogP contribution is 2.31. The molecule has 0 aliphatic carbocycles. The second kappa shape index (κ2) is 4.20. The quantitative estimate of drug-likeness (QED) is 0.625. The number of thiazole rings is 1. The Balaban J connectivity index is 2.18. The number of aromatic nitrogens is 1. The topological polar surface area (TPSA) is 12.9 Å². The van der Waals surface area contributed by atoms with Crippen LogP contribution in [0, 0.1) is 5.82 Å². The third-order valence-electron chi connectivity index (χ3n) is 2.42. The summed E-state index contributed by atoms with van der Waals surface area (Å²) in [5.74, 6) is -0.247. The van der Waals surface area contributed by atoms with Crippen molar-refractivity contribution in [3.63, 3.8) is 0 Å². The molecule has 0 spiro atoms. The molecule has 0 saturated carbocycles. The van der Waals surface area contributed by atoms with E-state index in [1.807, 2.05) is 24.3 Å². The van der Waals surface area contributed by atoms with Crippen LogP contribution in [0.4, 0.5) is 4.39 Å². The minimum atomic E-state index is -0.247. The first-order chi connectivity index (χ1) is 8.22. The molecule has 2 aromatic carbocycles. The summed E-state index contributed by atoms with van der Waals surface area (Å²) in [6.45, 7) is 0. The summed E-state index contributed by atoms with van der Waals surface area (Å²) in [6, 6.07) is 12.6. The Morgan fingerprint density at radius 2 is 2.00 bits per heavy atom. The molecule has 1 aromatic heterocycles. The van der Waals surface area contributed by atoms with E-state index in [-0.39, 0.29) is 5.82 Å². The number of nitrogens with zero attached hydrogens (tertiary/aromatic N) is 1. The van der Waals surface area contributed by atoms with Crippen molar-refractivity contribution < 1.29 is 4.39 Å². The number of hydrogen-bond donors (Lipinski definition) is 0. The van der Waals surface area contributed by atoms with Crippen LogP contribution < -0.4 is 0 Å². The smallest absolute Gasteiger partial charge is 0.125 e. The molecule has 1 heterocycles. The van der Waals surface area contributed by atoms with E-state index in [0.717, 1.165) is 19.7 Å². The molecule has 4 heteroatoms. The molecule has 0 atom stereocenters. The molecule has 0 unspecified atom stereocenters. The zero-order valence-electron chi connectivity index (χ0n) is 8.65. The van der Waals surface area contributed by atoms with Gasteiger partial charge in [0.2, 0.25) is 0 Å². The number of fused-ring (bicyclic) bond motifs is 1. The predicted octanol–water partition coefficient (Wildman–Crippen LogP) is 4.86. The van der Waals surface area contributed by atoms with Crippen LogP contribution in [0.2, 0.25) is 0 Å². The van der Waals surface area contributed by atoms with Crippen LogP contribution in [0.3, 0.4) is 0 Å². The highest BCUT2D eigenvalue weighted by molar-refractivity contribution is 9.10. The van der Waals surface area contributed by atoms with Crippen molar-refractivity contribution in [2.24, 2.45) is 0 Å². The average molecular weight is 308 g/mol. The van der Waals surface area contributed by atoms with Gasteiger partial charge in [0.1, 0.15) is 10.8 Å². The molecule has 3 rings (SSSR count). The maximum atomic E-state index is 13.1. The van der Waals surface area contributed by atoms with Crippen LogP contribution >= 0.6 is 27.3 Å². The van der Waals surface area contributed by atoms with Gasteiger partial charge >= 0.3 is 0 Å². The van der Waals surface area contributed by atoms with E-state index in [2.05, 4.69) is 20.9 Å². The van der Waals surface area contributed by atoms with E-state index in [1.165, 1.54) is 12.1 Å². The first-order valence-electron chi connectivity index (χ1n) is 5.04. The molecule has 0 bridgehead atoms. The van der Waals surface area contributed by atoms with Crippen LogP contribution in [0.1, 0.15) is 0 Å². The van der Waals surface area contributed by atoms with Crippen LogP contribution in [-0.4, -0.2) is 4.98 Å². The van der Waals surface area contributed by atoms with E-state index in [4.69, 9.17) is 0 Å². The molecular formula is C13H7BrFNS. The number of hydrogen-bond acceptors (Lipinski definition) is 2. The normalized spacial score (nSPS) is 10.9. The highest BCUT2D eigenvalue weighted by atomic mass is 79.9. The molecular weight excluding hydrogens is 301 g/mol. The maximum Gasteiger partial charge on any atom is 0.125 e. The van der Waals surface area contributed by atoms with E-state index in [0.29, 0.717) is 5.52 Å². The Bertz CT molecular complexity index is 693. The summed E-state index contributed by atoms with van der Waals surface area (Å²) in [4.78, 5) is 4.44. The first-order valence-corrected chi connectivity index (χ1v) is 6.65. The summed E-state index contributed by atoms with van der Waals surface area (Å²) in [6.07, 6.45) is 0. The Morgan fingerprint density at radius 1 is 1.12 bits per heavy atom. The summed E-state index contributed by atoms with van der Waals surface area (Å²) in [7, 11) is 0. The zero-order chi connectivity index (χ0) is 11.8. The lowest BCUT2D eigenvalue weighted by Crippen LogP contribution is -1.76. The van der Waals surface area contributed by atoms with Gasteiger partial charge in [-0.3, -0.25) is 0 Å². The molecule has 0 fully saturated rings. The van der Waals surface area contributed by atoms with Crippen molar-refractivity contribution in [1.29, 1.82) is 0 Å². The molecule has 84 valence electrons. The first kappa shape index (κ1) is 10.9. The lowest BCUT2D eigenvalue weighted by Gasteiger charge is -1.95. The van der Waals surface area contributed by atoms with Crippen LogP contribution in [-0.2, 0) is 0 Å². The second-order valence-electron chi connectivity index (χ2n) is 3.64. The van der Waals surface area contributed by atoms with Crippen LogP contribution in [0.25, 0.3) is 20.8 Å². The van der Waals surface area contributed by atoms with Crippen LogP contribution in [0.5, 0.6) is 0 Å². The average Bonchev–Trinajstić information content (AvgIpc) is 2.72. The Morgan fingerprint density at radius 3 is 2.82 bits per heavy atom. The fourth-order valence-corrected chi connectivity index (χ4v) is 2.99. The summed E-state index contributed by atoms with van der Waals surface area (Å²) < 4.78 is 15.1. The van der Waals surface area contributed by atoms with Gasteiger partial charge in [-0.15, -0.1) is 11.3 Å².